The van der Waals surface area contributed by atoms with Crippen LogP contribution in [0.15, 0.2) is 48.8 Å². The van der Waals surface area contributed by atoms with Crippen LogP contribution in [-0.4, -0.2) is 44.4 Å². The highest BCUT2D eigenvalue weighted by Gasteiger charge is 2.40. The van der Waals surface area contributed by atoms with E-state index in [-0.39, 0.29) is 31.4 Å². The molecule has 2 N–H and O–H groups in total. The summed E-state index contributed by atoms with van der Waals surface area (Å²) in [6.07, 6.45) is 2.53. The lowest BCUT2D eigenvalue weighted by Gasteiger charge is -2.29. The van der Waals surface area contributed by atoms with Crippen molar-refractivity contribution < 1.29 is 29.0 Å². The average Bonchev–Trinajstić information content (AvgIpc) is 3.34. The van der Waals surface area contributed by atoms with Crippen LogP contribution in [0.25, 0.3) is 10.8 Å². The molecule has 2 aromatic carbocycles. The van der Waals surface area contributed by atoms with E-state index in [9.17, 15) is 19.2 Å². The molecule has 0 saturated carbocycles. The molecule has 5 rings (SSSR count). The summed E-state index contributed by atoms with van der Waals surface area (Å²) in [6.45, 7) is 0.467. The predicted molar refractivity (Wildman–Crippen MR) is 112 cm³/mol. The Morgan fingerprint density at radius 1 is 1.12 bits per heavy atom. The molecular weight excluding hydrogens is 414 g/mol. The first kappa shape index (κ1) is 19.8. The highest BCUT2D eigenvalue weighted by atomic mass is 16.5. The third kappa shape index (κ3) is 3.37. The summed E-state index contributed by atoms with van der Waals surface area (Å²) in [5, 5.41) is 13.0. The molecule has 0 radical (unpaired) electrons. The minimum atomic E-state index is -1.05. The van der Waals surface area contributed by atoms with Crippen LogP contribution >= 0.6 is 0 Å². The van der Waals surface area contributed by atoms with Crippen molar-refractivity contribution in [2.45, 2.75) is 32.0 Å². The number of imide groups is 1. The van der Waals surface area contributed by atoms with Gasteiger partial charge in [-0.25, -0.2) is 4.79 Å². The molecule has 3 amide bonds. The van der Waals surface area contributed by atoms with Gasteiger partial charge in [-0.2, -0.15) is 0 Å². The zero-order valence-corrected chi connectivity index (χ0v) is 16.9. The fourth-order valence-electron chi connectivity index (χ4n) is 4.24. The monoisotopic (exact) mass is 433 g/mol. The van der Waals surface area contributed by atoms with Crippen LogP contribution in [0.2, 0.25) is 0 Å². The molecule has 1 unspecified atom stereocenters. The highest BCUT2D eigenvalue weighted by molar-refractivity contribution is 6.05. The second-order valence-corrected chi connectivity index (χ2v) is 7.88. The number of nitrogens with one attached hydrogen (secondary N) is 1. The van der Waals surface area contributed by atoms with Crippen molar-refractivity contribution >= 4 is 34.6 Å². The fourth-order valence-corrected chi connectivity index (χ4v) is 4.24. The Bertz CT molecular complexity index is 1290. The van der Waals surface area contributed by atoms with Gasteiger partial charge < -0.3 is 14.7 Å². The zero-order chi connectivity index (χ0) is 22.4. The van der Waals surface area contributed by atoms with Crippen molar-refractivity contribution in [3.8, 4) is 5.75 Å². The Hall–Kier alpha value is -4.14. The van der Waals surface area contributed by atoms with Gasteiger partial charge in [-0.3, -0.25) is 24.3 Å². The molecule has 162 valence electrons. The number of ether oxygens (including phenoxy) is 1. The number of aromatic nitrogens is 1. The van der Waals surface area contributed by atoms with E-state index in [2.05, 4.69) is 5.32 Å². The lowest BCUT2D eigenvalue weighted by molar-refractivity contribution is -0.136. The molecule has 1 atom stereocenters. The summed E-state index contributed by atoms with van der Waals surface area (Å²) in [6, 6.07) is 10.1. The Labute approximate surface area is 182 Å². The number of nitrogens with zero attached hydrogens (tertiary/aromatic N) is 2. The average molecular weight is 433 g/mol. The van der Waals surface area contributed by atoms with Crippen LogP contribution in [0, 0.1) is 0 Å². The topological polar surface area (TPSA) is 118 Å². The van der Waals surface area contributed by atoms with Crippen molar-refractivity contribution in [1.29, 1.82) is 0 Å². The molecule has 3 heterocycles. The van der Waals surface area contributed by atoms with E-state index in [1.807, 2.05) is 18.2 Å². The number of piperidine rings is 1. The van der Waals surface area contributed by atoms with Crippen molar-refractivity contribution in [3.05, 3.63) is 65.5 Å². The summed E-state index contributed by atoms with van der Waals surface area (Å²) in [4.78, 5) is 49.2. The minimum Gasteiger partial charge on any atom is -0.489 e. The van der Waals surface area contributed by atoms with Crippen LogP contribution in [0.3, 0.4) is 0 Å². The van der Waals surface area contributed by atoms with Gasteiger partial charge >= 0.3 is 6.09 Å². The Kier molecular flexibility index (Phi) is 4.66. The Balaban J connectivity index is 1.35. The number of benzene rings is 2. The van der Waals surface area contributed by atoms with E-state index in [1.54, 1.807) is 24.4 Å². The number of hydrogen-bond acceptors (Lipinski definition) is 5. The Morgan fingerprint density at radius 2 is 1.94 bits per heavy atom. The first-order chi connectivity index (χ1) is 15.4. The largest absolute Gasteiger partial charge is 0.489 e. The lowest BCUT2D eigenvalue weighted by atomic mass is 10.0. The lowest BCUT2D eigenvalue weighted by Crippen LogP contribution is -2.52. The molecule has 1 fully saturated rings. The maximum atomic E-state index is 12.9. The van der Waals surface area contributed by atoms with E-state index < -0.39 is 18.0 Å². The first-order valence-electron chi connectivity index (χ1n) is 10.1. The highest BCUT2D eigenvalue weighted by Crippen LogP contribution is 2.34. The zero-order valence-electron chi connectivity index (χ0n) is 16.9. The standard InChI is InChI=1S/C23H19N3O6/c27-20-7-6-18(21(28)24-20)26-11-17-16(22(26)29)2-1-3-19(17)32-12-13-4-5-14-9-25(23(30)31)10-15(14)8-13/h1-5,8-10,18H,6-7,11-12H2,(H,30,31)(H,24,27,28). The third-order valence-corrected chi connectivity index (χ3v) is 5.86. The molecule has 1 saturated heterocycles. The number of carbonyl (C=O) groups excluding carboxylic acids is 3. The molecule has 2 aliphatic rings. The van der Waals surface area contributed by atoms with Crippen molar-refractivity contribution in [1.82, 2.24) is 14.8 Å². The second kappa shape index (κ2) is 7.52. The summed E-state index contributed by atoms with van der Waals surface area (Å²) in [5.41, 5.74) is 2.05. The fraction of sp³-hybridized carbons (Fsp3) is 0.217. The summed E-state index contributed by atoms with van der Waals surface area (Å²) < 4.78 is 7.12. The number of amides is 3. The van der Waals surface area contributed by atoms with Crippen LogP contribution in [0.5, 0.6) is 5.75 Å². The van der Waals surface area contributed by atoms with Crippen LogP contribution in [-0.2, 0) is 22.7 Å². The summed E-state index contributed by atoms with van der Waals surface area (Å²) in [7, 11) is 0. The first-order valence-corrected chi connectivity index (χ1v) is 10.1. The van der Waals surface area contributed by atoms with Gasteiger partial charge in [-0.05, 0) is 35.6 Å². The molecule has 0 bridgehead atoms. The van der Waals surface area contributed by atoms with Gasteiger partial charge in [0, 0.05) is 35.3 Å². The summed E-state index contributed by atoms with van der Waals surface area (Å²) in [5.74, 6) is -0.480. The van der Waals surface area contributed by atoms with Gasteiger partial charge in [0.25, 0.3) is 5.91 Å². The van der Waals surface area contributed by atoms with E-state index in [1.165, 1.54) is 11.1 Å². The van der Waals surface area contributed by atoms with E-state index >= 15 is 0 Å². The quantitative estimate of drug-likeness (QED) is 0.611. The van der Waals surface area contributed by atoms with E-state index in [0.717, 1.165) is 20.9 Å². The molecule has 0 aliphatic carbocycles. The smallest absolute Gasteiger partial charge is 0.415 e. The van der Waals surface area contributed by atoms with Gasteiger partial charge in [0.05, 0.1) is 6.54 Å². The van der Waals surface area contributed by atoms with Crippen molar-refractivity contribution in [2.24, 2.45) is 0 Å². The van der Waals surface area contributed by atoms with E-state index in [0.29, 0.717) is 23.3 Å². The molecule has 32 heavy (non-hydrogen) atoms. The van der Waals surface area contributed by atoms with Gasteiger partial charge in [0.2, 0.25) is 11.8 Å². The number of hydrogen-bond donors (Lipinski definition) is 2. The maximum Gasteiger partial charge on any atom is 0.415 e. The summed E-state index contributed by atoms with van der Waals surface area (Å²) >= 11 is 0. The van der Waals surface area contributed by atoms with E-state index in [4.69, 9.17) is 9.84 Å². The number of carbonyl (C=O) groups is 4. The van der Waals surface area contributed by atoms with Crippen molar-refractivity contribution in [2.75, 3.05) is 0 Å². The molecule has 1 aromatic heterocycles. The molecule has 9 nitrogen and oxygen atoms in total. The number of fused-ring (bicyclic) bond motifs is 2. The van der Waals surface area contributed by atoms with Crippen molar-refractivity contribution in [3.63, 3.8) is 0 Å². The molecule has 9 heteroatoms. The van der Waals surface area contributed by atoms with Gasteiger partial charge in [0.15, 0.2) is 0 Å². The second-order valence-electron chi connectivity index (χ2n) is 7.88. The molecule has 3 aromatic rings. The van der Waals surface area contributed by atoms with Gasteiger partial charge in [-0.1, -0.05) is 18.2 Å². The van der Waals surface area contributed by atoms with Gasteiger partial charge in [-0.15, -0.1) is 0 Å². The molecule has 2 aliphatic heterocycles. The number of carboxylic acid groups (broad SMARTS) is 1. The minimum absolute atomic E-state index is 0.200. The van der Waals surface area contributed by atoms with Crippen LogP contribution < -0.4 is 10.1 Å². The molecular formula is C23H19N3O6. The van der Waals surface area contributed by atoms with Gasteiger partial charge in [0.1, 0.15) is 18.4 Å². The maximum absolute atomic E-state index is 12.9. The van der Waals surface area contributed by atoms with Crippen LogP contribution in [0.1, 0.15) is 34.3 Å². The number of rotatable bonds is 4. The molecule has 0 spiro atoms. The Morgan fingerprint density at radius 3 is 2.72 bits per heavy atom. The SMILES string of the molecule is O=C1CCC(N2Cc3c(OCc4ccc5cn(C(=O)O)cc5c4)cccc3C2=O)C(=O)N1. The predicted octanol–water partition coefficient (Wildman–Crippen LogP) is 2.51. The normalized spacial score (nSPS) is 18.1. The van der Waals surface area contributed by atoms with Crippen LogP contribution in [0.4, 0.5) is 4.79 Å². The third-order valence-electron chi connectivity index (χ3n) is 5.86.